The van der Waals surface area contributed by atoms with Crippen LogP contribution in [0.2, 0.25) is 0 Å². The number of aliphatic hydroxyl groups is 1. The molecule has 0 spiro atoms. The number of thiophene rings is 1. The average Bonchev–Trinajstić information content (AvgIpc) is 2.79. The fourth-order valence-corrected chi connectivity index (χ4v) is 2.99. The maximum Gasteiger partial charge on any atom is 1.00 e. The van der Waals surface area contributed by atoms with Gasteiger partial charge in [-0.25, -0.2) is 4.39 Å². The number of hydrogen-bond acceptors (Lipinski definition) is 5. The Balaban J connectivity index is 0.00000264. The predicted molar refractivity (Wildman–Crippen MR) is 79.0 cm³/mol. The molecule has 0 saturated carbocycles. The van der Waals surface area contributed by atoms with Crippen molar-refractivity contribution in [2.45, 2.75) is 31.9 Å². The summed E-state index contributed by atoms with van der Waals surface area (Å²) in [5.41, 5.74) is -1.26. The Kier molecular flexibility index (Phi) is 7.33. The molecule has 0 fully saturated rings. The number of carbonyl (C=O) groups is 2. The van der Waals surface area contributed by atoms with Gasteiger partial charge in [0.05, 0.1) is 22.5 Å². The Bertz CT molecular complexity index is 726. The number of carbonyl (C=O) groups excluding carboxylic acids is 2. The summed E-state index contributed by atoms with van der Waals surface area (Å²) in [4.78, 5) is 23.5. The number of amides is 1. The number of carboxylic acid groups (broad SMARTS) is 1. The van der Waals surface area contributed by atoms with Crippen molar-refractivity contribution in [1.82, 2.24) is 5.32 Å². The zero-order valence-electron chi connectivity index (χ0n) is 13.1. The number of fused-ring (bicyclic) bond motifs is 1. The van der Waals surface area contributed by atoms with Crippen molar-refractivity contribution in [1.29, 1.82) is 0 Å². The SMILES string of the molecule is CC(C)(O)CC(NC(=O)c1cc2cc(F)ccc2s1)C(=O)[O-].[K+]. The molecule has 2 aromatic rings. The number of benzene rings is 1. The Labute approximate surface area is 179 Å². The molecule has 2 rings (SSSR count). The van der Waals surface area contributed by atoms with Crippen molar-refractivity contribution in [3.05, 3.63) is 35.0 Å². The van der Waals surface area contributed by atoms with Gasteiger partial charge < -0.3 is 20.3 Å². The van der Waals surface area contributed by atoms with Crippen LogP contribution in [0.1, 0.15) is 29.9 Å². The molecule has 0 radical (unpaired) electrons. The number of carboxylic acids is 1. The molecule has 0 aliphatic rings. The van der Waals surface area contributed by atoms with E-state index in [0.29, 0.717) is 5.39 Å². The number of nitrogens with one attached hydrogen (secondary N) is 1. The van der Waals surface area contributed by atoms with Crippen molar-refractivity contribution >= 4 is 33.3 Å². The molecular formula is C15H15FKNO4S. The second-order valence-electron chi connectivity index (χ2n) is 5.65. The quantitative estimate of drug-likeness (QED) is 0.605. The Morgan fingerprint density at radius 3 is 2.61 bits per heavy atom. The van der Waals surface area contributed by atoms with Crippen LogP contribution in [0.4, 0.5) is 4.39 Å². The molecule has 0 aliphatic carbocycles. The van der Waals surface area contributed by atoms with Gasteiger partial charge >= 0.3 is 51.4 Å². The van der Waals surface area contributed by atoms with E-state index in [4.69, 9.17) is 0 Å². The van der Waals surface area contributed by atoms with Crippen molar-refractivity contribution in [3.8, 4) is 0 Å². The number of aliphatic carboxylic acids is 1. The van der Waals surface area contributed by atoms with E-state index in [1.165, 1.54) is 32.0 Å². The van der Waals surface area contributed by atoms with E-state index < -0.39 is 29.3 Å². The van der Waals surface area contributed by atoms with Gasteiger partial charge in [0.15, 0.2) is 0 Å². The normalized spacial score (nSPS) is 12.5. The van der Waals surface area contributed by atoms with Gasteiger partial charge in [-0.15, -0.1) is 11.3 Å². The minimum Gasteiger partial charge on any atom is -0.548 e. The van der Waals surface area contributed by atoms with E-state index >= 15 is 0 Å². The van der Waals surface area contributed by atoms with Crippen LogP contribution < -0.4 is 61.8 Å². The van der Waals surface area contributed by atoms with Gasteiger partial charge in [0.25, 0.3) is 5.91 Å². The summed E-state index contributed by atoms with van der Waals surface area (Å²) in [5, 5.41) is 23.7. The van der Waals surface area contributed by atoms with Gasteiger partial charge in [0, 0.05) is 11.1 Å². The molecular weight excluding hydrogens is 348 g/mol. The first-order valence-electron chi connectivity index (χ1n) is 6.59. The largest absolute Gasteiger partial charge is 1.00 e. The Hall–Kier alpha value is -0.354. The monoisotopic (exact) mass is 363 g/mol. The van der Waals surface area contributed by atoms with Crippen LogP contribution in [-0.4, -0.2) is 28.6 Å². The smallest absolute Gasteiger partial charge is 0.548 e. The summed E-state index contributed by atoms with van der Waals surface area (Å²) in [6.07, 6.45) is -0.180. The van der Waals surface area contributed by atoms with Gasteiger partial charge in [-0.3, -0.25) is 4.79 Å². The number of rotatable bonds is 5. The summed E-state index contributed by atoms with van der Waals surface area (Å²) in [7, 11) is 0. The topological polar surface area (TPSA) is 89.5 Å². The molecule has 2 N–H and O–H groups in total. The molecule has 1 atom stereocenters. The zero-order chi connectivity index (χ0) is 16.5. The molecule has 1 aromatic carbocycles. The Morgan fingerprint density at radius 1 is 1.39 bits per heavy atom. The third-order valence-electron chi connectivity index (χ3n) is 3.00. The maximum atomic E-state index is 13.1. The first kappa shape index (κ1) is 20.7. The average molecular weight is 363 g/mol. The summed E-state index contributed by atoms with van der Waals surface area (Å²) >= 11 is 1.13. The molecule has 0 saturated heterocycles. The van der Waals surface area contributed by atoms with E-state index in [1.807, 2.05) is 0 Å². The molecule has 1 unspecified atom stereocenters. The van der Waals surface area contributed by atoms with Crippen molar-refractivity contribution < 1.29 is 75.6 Å². The van der Waals surface area contributed by atoms with E-state index in [-0.39, 0.29) is 62.7 Å². The molecule has 118 valence electrons. The molecule has 0 aliphatic heterocycles. The van der Waals surface area contributed by atoms with Crippen LogP contribution in [-0.2, 0) is 4.79 Å². The van der Waals surface area contributed by atoms with E-state index in [9.17, 15) is 24.2 Å². The number of hydrogen-bond donors (Lipinski definition) is 2. The van der Waals surface area contributed by atoms with E-state index in [0.717, 1.165) is 16.0 Å². The minimum atomic E-state index is -1.47. The summed E-state index contributed by atoms with van der Waals surface area (Å²) in [6, 6.07) is 4.33. The van der Waals surface area contributed by atoms with Crippen molar-refractivity contribution in [2.75, 3.05) is 0 Å². The maximum absolute atomic E-state index is 13.1. The van der Waals surface area contributed by atoms with Crippen LogP contribution in [0, 0.1) is 5.82 Å². The minimum absolute atomic E-state index is 0. The van der Waals surface area contributed by atoms with E-state index in [1.54, 1.807) is 6.07 Å². The third-order valence-corrected chi connectivity index (χ3v) is 4.11. The zero-order valence-corrected chi connectivity index (χ0v) is 17.0. The van der Waals surface area contributed by atoms with Crippen LogP contribution in [0.25, 0.3) is 10.1 Å². The summed E-state index contributed by atoms with van der Waals surface area (Å²) in [5.74, 6) is -2.48. The van der Waals surface area contributed by atoms with Gasteiger partial charge in [-0.05, 0) is 43.5 Å². The van der Waals surface area contributed by atoms with Crippen LogP contribution in [0.3, 0.4) is 0 Å². The molecule has 1 aromatic heterocycles. The van der Waals surface area contributed by atoms with Gasteiger partial charge in [-0.1, -0.05) is 0 Å². The van der Waals surface area contributed by atoms with Crippen LogP contribution >= 0.6 is 11.3 Å². The fourth-order valence-electron chi connectivity index (χ4n) is 2.05. The summed E-state index contributed by atoms with van der Waals surface area (Å²) < 4.78 is 13.9. The van der Waals surface area contributed by atoms with Crippen molar-refractivity contribution in [3.63, 3.8) is 0 Å². The predicted octanol–water partition coefficient (Wildman–Crippen LogP) is -1.95. The van der Waals surface area contributed by atoms with Crippen LogP contribution in [0.15, 0.2) is 24.3 Å². The second kappa shape index (κ2) is 8.15. The Morgan fingerprint density at radius 2 is 2.04 bits per heavy atom. The summed E-state index contributed by atoms with van der Waals surface area (Å²) in [6.45, 7) is 2.88. The standard InChI is InChI=1S/C15H16FNO4S.K/c1-15(2,21)7-10(14(19)20)17-13(18)12-6-8-5-9(16)3-4-11(8)22-12;/h3-6,10,21H,7H2,1-2H3,(H,17,18)(H,19,20);/q;+1/p-1. The van der Waals surface area contributed by atoms with Gasteiger partial charge in [-0.2, -0.15) is 0 Å². The first-order valence-corrected chi connectivity index (χ1v) is 7.40. The second-order valence-corrected chi connectivity index (χ2v) is 6.74. The third kappa shape index (κ3) is 5.90. The first-order chi connectivity index (χ1) is 10.2. The van der Waals surface area contributed by atoms with Gasteiger partial charge in [0.2, 0.25) is 0 Å². The molecule has 8 heteroatoms. The van der Waals surface area contributed by atoms with Crippen LogP contribution in [0.5, 0.6) is 0 Å². The van der Waals surface area contributed by atoms with E-state index in [2.05, 4.69) is 5.32 Å². The molecule has 23 heavy (non-hydrogen) atoms. The molecule has 5 nitrogen and oxygen atoms in total. The van der Waals surface area contributed by atoms with Crippen molar-refractivity contribution in [2.24, 2.45) is 0 Å². The molecule has 0 bridgehead atoms. The van der Waals surface area contributed by atoms with Gasteiger partial charge in [0.1, 0.15) is 5.82 Å². The fraction of sp³-hybridized carbons (Fsp3) is 0.333. The molecule has 1 amide bonds. The molecule has 1 heterocycles. The number of halogens is 1.